The van der Waals surface area contributed by atoms with E-state index < -0.39 is 0 Å². The molecule has 1 nitrogen and oxygen atoms in total. The van der Waals surface area contributed by atoms with Gasteiger partial charge in [-0.05, 0) is 43.4 Å². The predicted octanol–water partition coefficient (Wildman–Crippen LogP) is 5.13. The molecule has 100 valence electrons. The van der Waals surface area contributed by atoms with Crippen molar-refractivity contribution in [2.45, 2.75) is 37.0 Å². The van der Waals surface area contributed by atoms with Gasteiger partial charge in [-0.15, -0.1) is 11.8 Å². The monoisotopic (exact) mass is 328 g/mol. The van der Waals surface area contributed by atoms with Gasteiger partial charge in [0.1, 0.15) is 5.75 Å². The Bertz CT molecular complexity index is 357. The van der Waals surface area contributed by atoms with Gasteiger partial charge in [0.25, 0.3) is 0 Å². The third kappa shape index (κ3) is 3.67. The van der Waals surface area contributed by atoms with Gasteiger partial charge in [-0.3, -0.25) is 0 Å². The summed E-state index contributed by atoms with van der Waals surface area (Å²) >= 11 is 5.45. The highest BCUT2D eigenvalue weighted by Crippen LogP contribution is 2.38. The zero-order chi connectivity index (χ0) is 12.8. The van der Waals surface area contributed by atoms with E-state index in [1.54, 1.807) is 11.8 Å². The average Bonchev–Trinajstić information content (AvgIpc) is 2.47. The fourth-order valence-electron chi connectivity index (χ4n) is 2.53. The minimum atomic E-state index is 0.358. The molecular formula is C15H21BrOS. The zero-order valence-corrected chi connectivity index (χ0v) is 13.4. The minimum absolute atomic E-state index is 0.358. The number of hydrogen-bond donors (Lipinski definition) is 0. The molecule has 0 amide bonds. The Kier molecular flexibility index (Phi) is 5.43. The molecular weight excluding hydrogens is 308 g/mol. The summed E-state index contributed by atoms with van der Waals surface area (Å²) in [6, 6.07) is 8.41. The summed E-state index contributed by atoms with van der Waals surface area (Å²) in [6.07, 6.45) is 8.76. The smallest absolute Gasteiger partial charge is 0.119 e. The van der Waals surface area contributed by atoms with Crippen molar-refractivity contribution in [1.29, 1.82) is 0 Å². The second kappa shape index (κ2) is 6.85. The van der Waals surface area contributed by atoms with E-state index in [0.29, 0.717) is 5.41 Å². The molecule has 1 aromatic rings. The first-order chi connectivity index (χ1) is 8.78. The average molecular weight is 329 g/mol. The van der Waals surface area contributed by atoms with Crippen LogP contribution in [0.3, 0.4) is 0 Å². The maximum absolute atomic E-state index is 6.00. The molecule has 0 heterocycles. The van der Waals surface area contributed by atoms with Crippen LogP contribution in [-0.4, -0.2) is 18.2 Å². The van der Waals surface area contributed by atoms with Gasteiger partial charge < -0.3 is 4.74 Å². The largest absolute Gasteiger partial charge is 0.493 e. The van der Waals surface area contributed by atoms with Crippen molar-refractivity contribution in [3.05, 3.63) is 24.3 Å². The van der Waals surface area contributed by atoms with Crippen molar-refractivity contribution in [3.8, 4) is 5.75 Å². The van der Waals surface area contributed by atoms with E-state index in [2.05, 4.69) is 46.5 Å². The fraction of sp³-hybridized carbons (Fsp3) is 0.600. The first-order valence-corrected chi connectivity index (χ1v) is 8.95. The van der Waals surface area contributed by atoms with Crippen LogP contribution in [0.15, 0.2) is 29.2 Å². The molecule has 0 bridgehead atoms. The molecule has 0 spiro atoms. The molecule has 0 aliphatic heterocycles. The molecule has 0 N–H and O–H groups in total. The molecule has 1 aliphatic rings. The van der Waals surface area contributed by atoms with Gasteiger partial charge in [0.05, 0.1) is 6.61 Å². The molecule has 18 heavy (non-hydrogen) atoms. The van der Waals surface area contributed by atoms with E-state index in [1.165, 1.54) is 37.0 Å². The molecule has 1 aromatic carbocycles. The second-order valence-electron chi connectivity index (χ2n) is 5.16. The van der Waals surface area contributed by atoms with Crippen LogP contribution in [0, 0.1) is 5.41 Å². The minimum Gasteiger partial charge on any atom is -0.493 e. The van der Waals surface area contributed by atoms with Crippen LogP contribution in [-0.2, 0) is 0 Å². The molecule has 1 fully saturated rings. The van der Waals surface area contributed by atoms with Crippen LogP contribution in [0.1, 0.15) is 32.1 Å². The molecule has 0 radical (unpaired) electrons. The van der Waals surface area contributed by atoms with Gasteiger partial charge in [-0.2, -0.15) is 0 Å². The highest BCUT2D eigenvalue weighted by Gasteiger charge is 2.31. The third-order valence-corrected chi connectivity index (χ3v) is 5.74. The lowest BCUT2D eigenvalue weighted by atomic mass is 9.76. The van der Waals surface area contributed by atoms with Crippen molar-refractivity contribution in [2.24, 2.45) is 5.41 Å². The molecule has 0 saturated heterocycles. The zero-order valence-electron chi connectivity index (χ0n) is 11.0. The third-order valence-electron chi connectivity index (χ3n) is 3.80. The van der Waals surface area contributed by atoms with Gasteiger partial charge in [-0.1, -0.05) is 35.2 Å². The molecule has 1 saturated carbocycles. The van der Waals surface area contributed by atoms with E-state index in [9.17, 15) is 0 Å². The Morgan fingerprint density at radius 3 is 2.39 bits per heavy atom. The normalized spacial score (nSPS) is 18.6. The molecule has 0 aromatic heterocycles. The Hall–Kier alpha value is -0.150. The quantitative estimate of drug-likeness (QED) is 0.547. The summed E-state index contributed by atoms with van der Waals surface area (Å²) in [5.41, 5.74) is 0.358. The molecule has 0 atom stereocenters. The van der Waals surface area contributed by atoms with Gasteiger partial charge in [0.15, 0.2) is 0 Å². The van der Waals surface area contributed by atoms with Crippen LogP contribution in [0.4, 0.5) is 0 Å². The molecule has 3 heteroatoms. The summed E-state index contributed by atoms with van der Waals surface area (Å²) in [5, 5.41) is 1.06. The SMILES string of the molecule is CSc1ccc(OCC2(CBr)CCCCC2)cc1. The first kappa shape index (κ1) is 14.3. The number of rotatable bonds is 5. The Morgan fingerprint density at radius 2 is 1.83 bits per heavy atom. The first-order valence-electron chi connectivity index (χ1n) is 6.61. The number of benzene rings is 1. The van der Waals surface area contributed by atoms with Crippen LogP contribution >= 0.6 is 27.7 Å². The molecule has 1 aliphatic carbocycles. The van der Waals surface area contributed by atoms with E-state index in [1.807, 2.05) is 0 Å². The summed E-state index contributed by atoms with van der Waals surface area (Å²) in [4.78, 5) is 1.29. The highest BCUT2D eigenvalue weighted by atomic mass is 79.9. The number of alkyl halides is 1. The van der Waals surface area contributed by atoms with Gasteiger partial charge in [-0.25, -0.2) is 0 Å². The van der Waals surface area contributed by atoms with Crippen molar-refractivity contribution in [2.75, 3.05) is 18.2 Å². The lowest BCUT2D eigenvalue weighted by Gasteiger charge is -2.35. The van der Waals surface area contributed by atoms with E-state index >= 15 is 0 Å². The molecule has 0 unspecified atom stereocenters. The number of hydrogen-bond acceptors (Lipinski definition) is 2. The Labute approximate surface area is 123 Å². The van der Waals surface area contributed by atoms with Crippen LogP contribution in [0.25, 0.3) is 0 Å². The number of thioether (sulfide) groups is 1. The predicted molar refractivity (Wildman–Crippen MR) is 83.0 cm³/mol. The molecule has 2 rings (SSSR count). The van der Waals surface area contributed by atoms with Gasteiger partial charge in [0.2, 0.25) is 0 Å². The van der Waals surface area contributed by atoms with Crippen molar-refractivity contribution in [1.82, 2.24) is 0 Å². The summed E-state index contributed by atoms with van der Waals surface area (Å²) in [7, 11) is 0. The van der Waals surface area contributed by atoms with Crippen LogP contribution < -0.4 is 4.74 Å². The van der Waals surface area contributed by atoms with Crippen molar-refractivity contribution >= 4 is 27.7 Å². The van der Waals surface area contributed by atoms with Crippen molar-refractivity contribution < 1.29 is 4.74 Å². The maximum Gasteiger partial charge on any atom is 0.119 e. The highest BCUT2D eigenvalue weighted by molar-refractivity contribution is 9.09. The van der Waals surface area contributed by atoms with Crippen LogP contribution in [0.2, 0.25) is 0 Å². The number of halogens is 1. The van der Waals surface area contributed by atoms with Crippen LogP contribution in [0.5, 0.6) is 5.75 Å². The Balaban J connectivity index is 1.92. The topological polar surface area (TPSA) is 9.23 Å². The number of ether oxygens (including phenoxy) is 1. The lowest BCUT2D eigenvalue weighted by molar-refractivity contribution is 0.122. The lowest BCUT2D eigenvalue weighted by Crippen LogP contribution is -2.32. The van der Waals surface area contributed by atoms with Gasteiger partial charge in [0, 0.05) is 15.6 Å². The maximum atomic E-state index is 6.00. The second-order valence-corrected chi connectivity index (χ2v) is 6.60. The van der Waals surface area contributed by atoms with Gasteiger partial charge >= 0.3 is 0 Å². The van der Waals surface area contributed by atoms with E-state index in [0.717, 1.165) is 17.7 Å². The van der Waals surface area contributed by atoms with E-state index in [4.69, 9.17) is 4.74 Å². The summed E-state index contributed by atoms with van der Waals surface area (Å²) < 4.78 is 6.00. The van der Waals surface area contributed by atoms with E-state index in [-0.39, 0.29) is 0 Å². The summed E-state index contributed by atoms with van der Waals surface area (Å²) in [5.74, 6) is 0.999. The fourth-order valence-corrected chi connectivity index (χ4v) is 3.66. The summed E-state index contributed by atoms with van der Waals surface area (Å²) in [6.45, 7) is 0.844. The Morgan fingerprint density at radius 1 is 1.17 bits per heavy atom. The standard InChI is InChI=1S/C15H21BrOS/c1-18-14-7-5-13(6-8-14)17-12-15(11-16)9-3-2-4-10-15/h5-8H,2-4,9-12H2,1H3. The van der Waals surface area contributed by atoms with Crippen molar-refractivity contribution in [3.63, 3.8) is 0 Å².